The van der Waals surface area contributed by atoms with Crippen molar-refractivity contribution in [3.8, 4) is 0 Å². The molecular formula is C74H144O17P2. The van der Waals surface area contributed by atoms with E-state index in [1.807, 2.05) is 0 Å². The van der Waals surface area contributed by atoms with Crippen LogP contribution in [0.25, 0.3) is 0 Å². The summed E-state index contributed by atoms with van der Waals surface area (Å²) in [7, 11) is -9.90. The van der Waals surface area contributed by atoms with Crippen LogP contribution in [0.1, 0.15) is 388 Å². The third kappa shape index (κ3) is 68.4. The highest BCUT2D eigenvalue weighted by Crippen LogP contribution is 2.45. The summed E-state index contributed by atoms with van der Waals surface area (Å²) in [6, 6.07) is 0. The van der Waals surface area contributed by atoms with Crippen LogP contribution in [0.4, 0.5) is 0 Å². The molecule has 0 heterocycles. The fraction of sp³-hybridized carbons (Fsp3) is 0.946. The standard InChI is InChI=1S/C74H144O17P2/c1-6-9-12-15-17-19-21-23-24-25-26-27-28-32-37-41-45-50-55-60-74(79)91-70(64-85-72(77)58-53-48-43-39-35-33-29-31-34-38-42-47-51-56-67(4)5)66-89-93(82,83)87-62-68(75)61-86-92(80,81)88-65-69(63-84-71(76)57-52-46-14-11-8-3)90-73(78)59-54-49-44-40-36-30-22-20-18-16-13-10-7-2/h67-70,75H,6-66H2,1-5H3,(H,80,81)(H,82,83)/t68-,69+,70+/m0/s1. The van der Waals surface area contributed by atoms with Gasteiger partial charge < -0.3 is 33.8 Å². The van der Waals surface area contributed by atoms with Crippen LogP contribution in [0.5, 0.6) is 0 Å². The number of aliphatic hydroxyl groups is 1. The molecule has 17 nitrogen and oxygen atoms in total. The molecule has 93 heavy (non-hydrogen) atoms. The molecule has 3 N–H and O–H groups in total. The molecular weight excluding hydrogens is 1220 g/mol. The van der Waals surface area contributed by atoms with Gasteiger partial charge in [0.1, 0.15) is 19.3 Å². The summed E-state index contributed by atoms with van der Waals surface area (Å²) in [6.45, 7) is 7.21. The zero-order valence-electron chi connectivity index (χ0n) is 60.4. The molecule has 0 radical (unpaired) electrons. The van der Waals surface area contributed by atoms with Crippen molar-refractivity contribution in [3.05, 3.63) is 0 Å². The quantitative estimate of drug-likeness (QED) is 0.0222. The largest absolute Gasteiger partial charge is 0.472 e. The normalized spacial score (nSPS) is 14.0. The number of ether oxygens (including phenoxy) is 4. The third-order valence-electron chi connectivity index (χ3n) is 17.3. The molecule has 0 rings (SSSR count). The Morgan fingerprint density at radius 2 is 0.495 bits per heavy atom. The van der Waals surface area contributed by atoms with Crippen molar-refractivity contribution in [2.75, 3.05) is 39.6 Å². The van der Waals surface area contributed by atoms with Gasteiger partial charge in [-0.1, -0.05) is 336 Å². The molecule has 0 aliphatic carbocycles. The number of hydrogen-bond donors (Lipinski definition) is 3. The summed E-state index contributed by atoms with van der Waals surface area (Å²) in [6.07, 6.45) is 55.9. The van der Waals surface area contributed by atoms with Crippen molar-refractivity contribution in [2.24, 2.45) is 5.92 Å². The maximum atomic E-state index is 13.1. The Morgan fingerprint density at radius 3 is 0.731 bits per heavy atom. The Balaban J connectivity index is 5.14. The van der Waals surface area contributed by atoms with Crippen LogP contribution in [0, 0.1) is 5.92 Å². The number of aliphatic hydroxyl groups excluding tert-OH is 1. The molecule has 0 saturated carbocycles. The van der Waals surface area contributed by atoms with Gasteiger partial charge in [-0.05, 0) is 31.6 Å². The Labute approximate surface area is 568 Å². The highest BCUT2D eigenvalue weighted by molar-refractivity contribution is 7.47. The van der Waals surface area contributed by atoms with Crippen molar-refractivity contribution in [1.82, 2.24) is 0 Å². The number of rotatable bonds is 74. The fourth-order valence-electron chi connectivity index (χ4n) is 11.4. The van der Waals surface area contributed by atoms with E-state index in [1.54, 1.807) is 0 Å². The summed E-state index contributed by atoms with van der Waals surface area (Å²) >= 11 is 0. The lowest BCUT2D eigenvalue weighted by molar-refractivity contribution is -0.161. The molecule has 0 aromatic carbocycles. The maximum Gasteiger partial charge on any atom is 0.472 e. The molecule has 0 aliphatic heterocycles. The average molecular weight is 1370 g/mol. The van der Waals surface area contributed by atoms with Crippen LogP contribution in [0.15, 0.2) is 0 Å². The lowest BCUT2D eigenvalue weighted by Gasteiger charge is -2.21. The molecule has 0 aliphatic rings. The molecule has 0 saturated heterocycles. The number of carbonyl (C=O) groups is 4. The van der Waals surface area contributed by atoms with E-state index < -0.39 is 97.5 Å². The maximum absolute atomic E-state index is 13.1. The van der Waals surface area contributed by atoms with Gasteiger partial charge in [0.2, 0.25) is 0 Å². The topological polar surface area (TPSA) is 237 Å². The van der Waals surface area contributed by atoms with Gasteiger partial charge >= 0.3 is 39.5 Å². The minimum atomic E-state index is -4.95. The highest BCUT2D eigenvalue weighted by atomic mass is 31.2. The minimum absolute atomic E-state index is 0.107. The smallest absolute Gasteiger partial charge is 0.462 e. The Kier molecular flexibility index (Phi) is 65.9. The Morgan fingerprint density at radius 1 is 0.290 bits per heavy atom. The van der Waals surface area contributed by atoms with Crippen molar-refractivity contribution in [2.45, 2.75) is 406 Å². The van der Waals surface area contributed by atoms with Gasteiger partial charge in [0, 0.05) is 25.7 Å². The minimum Gasteiger partial charge on any atom is -0.462 e. The van der Waals surface area contributed by atoms with Crippen LogP contribution >= 0.6 is 15.6 Å². The van der Waals surface area contributed by atoms with Crippen LogP contribution < -0.4 is 0 Å². The van der Waals surface area contributed by atoms with Crippen molar-refractivity contribution in [3.63, 3.8) is 0 Å². The first-order valence-corrected chi connectivity index (χ1v) is 41.6. The zero-order valence-corrected chi connectivity index (χ0v) is 62.2. The van der Waals surface area contributed by atoms with Crippen molar-refractivity contribution >= 4 is 39.5 Å². The van der Waals surface area contributed by atoms with Gasteiger partial charge in [0.05, 0.1) is 26.4 Å². The van der Waals surface area contributed by atoms with E-state index in [2.05, 4.69) is 34.6 Å². The number of hydrogen-bond acceptors (Lipinski definition) is 15. The molecule has 2 unspecified atom stereocenters. The number of phosphoric acid groups is 2. The number of carbonyl (C=O) groups excluding carboxylic acids is 4. The Hall–Kier alpha value is -1.94. The first-order chi connectivity index (χ1) is 45.0. The molecule has 0 bridgehead atoms. The van der Waals surface area contributed by atoms with Gasteiger partial charge in [-0.3, -0.25) is 37.3 Å². The van der Waals surface area contributed by atoms with Gasteiger partial charge in [-0.15, -0.1) is 0 Å². The van der Waals surface area contributed by atoms with Crippen LogP contribution in [-0.2, 0) is 65.4 Å². The average Bonchev–Trinajstić information content (AvgIpc) is 1.74. The molecule has 552 valence electrons. The fourth-order valence-corrected chi connectivity index (χ4v) is 12.9. The molecule has 0 aromatic rings. The summed E-state index contributed by atoms with van der Waals surface area (Å²) in [4.78, 5) is 72.4. The van der Waals surface area contributed by atoms with E-state index in [9.17, 15) is 43.2 Å². The van der Waals surface area contributed by atoms with E-state index in [0.717, 1.165) is 102 Å². The highest BCUT2D eigenvalue weighted by Gasteiger charge is 2.30. The van der Waals surface area contributed by atoms with Gasteiger partial charge in [-0.25, -0.2) is 9.13 Å². The number of esters is 4. The van der Waals surface area contributed by atoms with Crippen molar-refractivity contribution < 1.29 is 80.2 Å². The summed E-state index contributed by atoms with van der Waals surface area (Å²) < 4.78 is 68.2. The molecule has 0 amide bonds. The van der Waals surface area contributed by atoms with Crippen LogP contribution in [0.3, 0.4) is 0 Å². The van der Waals surface area contributed by atoms with E-state index in [-0.39, 0.29) is 25.7 Å². The monoisotopic (exact) mass is 1370 g/mol. The Bertz CT molecular complexity index is 1790. The molecule has 0 fully saturated rings. The second-order valence-electron chi connectivity index (χ2n) is 27.2. The second-order valence-corrected chi connectivity index (χ2v) is 30.1. The molecule has 0 spiro atoms. The van der Waals surface area contributed by atoms with Gasteiger partial charge in [-0.2, -0.15) is 0 Å². The first kappa shape index (κ1) is 91.1. The lowest BCUT2D eigenvalue weighted by atomic mass is 10.0. The van der Waals surface area contributed by atoms with Crippen LogP contribution in [0.2, 0.25) is 0 Å². The lowest BCUT2D eigenvalue weighted by Crippen LogP contribution is -2.30. The van der Waals surface area contributed by atoms with E-state index in [0.29, 0.717) is 25.7 Å². The first-order valence-electron chi connectivity index (χ1n) is 38.6. The third-order valence-corrected chi connectivity index (χ3v) is 19.2. The van der Waals surface area contributed by atoms with E-state index in [1.165, 1.54) is 205 Å². The summed E-state index contributed by atoms with van der Waals surface area (Å²) in [5, 5.41) is 10.6. The van der Waals surface area contributed by atoms with Gasteiger partial charge in [0.25, 0.3) is 0 Å². The van der Waals surface area contributed by atoms with Gasteiger partial charge in [0.15, 0.2) is 12.2 Å². The predicted octanol–water partition coefficient (Wildman–Crippen LogP) is 21.7. The van der Waals surface area contributed by atoms with Crippen LogP contribution in [-0.4, -0.2) is 96.7 Å². The number of phosphoric ester groups is 2. The molecule has 19 heteroatoms. The summed E-state index contributed by atoms with van der Waals surface area (Å²) in [5.41, 5.74) is 0. The van der Waals surface area contributed by atoms with E-state index in [4.69, 9.17) is 37.0 Å². The second kappa shape index (κ2) is 67.3. The SMILES string of the molecule is CCCCCCCCCCCCCCCCCCCCCC(=O)O[C@H](COC(=O)CCCCCCCCCCCCCCCC(C)C)COP(=O)(O)OC[C@@H](O)COP(=O)(O)OC[C@@H](COC(=O)CCCCCCC)OC(=O)CCCCCCCCCCCCCCC. The molecule has 5 atom stereocenters. The summed E-state index contributed by atoms with van der Waals surface area (Å²) in [5.74, 6) is -1.34. The predicted molar refractivity (Wildman–Crippen MR) is 377 cm³/mol. The number of unbranched alkanes of at least 4 members (excludes halogenated alkanes) is 46. The zero-order chi connectivity index (χ0) is 68.4. The van der Waals surface area contributed by atoms with Crippen molar-refractivity contribution in [1.29, 1.82) is 0 Å². The van der Waals surface area contributed by atoms with E-state index >= 15 is 0 Å². The molecule has 0 aromatic heterocycles.